The quantitative estimate of drug-likeness (QED) is 0.888. The van der Waals surface area contributed by atoms with Gasteiger partial charge in [0, 0.05) is 11.1 Å². The van der Waals surface area contributed by atoms with Crippen LogP contribution in [0.5, 0.6) is 0 Å². The summed E-state index contributed by atoms with van der Waals surface area (Å²) in [6.07, 6.45) is 1.25. The van der Waals surface area contributed by atoms with E-state index in [2.05, 4.69) is 17.2 Å². The van der Waals surface area contributed by atoms with E-state index < -0.39 is 0 Å². The summed E-state index contributed by atoms with van der Waals surface area (Å²) in [6, 6.07) is 7.84. The summed E-state index contributed by atoms with van der Waals surface area (Å²) in [7, 11) is 0. The summed E-state index contributed by atoms with van der Waals surface area (Å²) in [4.78, 5) is 15.8. The highest BCUT2D eigenvalue weighted by Crippen LogP contribution is 2.13. The summed E-state index contributed by atoms with van der Waals surface area (Å²) in [5, 5.41) is 5.13. The third-order valence-electron chi connectivity index (χ3n) is 2.56. The number of hydrogen-bond donors (Lipinski definition) is 2. The molecule has 0 atom stereocenters. The number of rotatable bonds is 4. The van der Waals surface area contributed by atoms with Crippen molar-refractivity contribution in [3.8, 4) is 0 Å². The Labute approximate surface area is 110 Å². The normalized spacial score (nSPS) is 10.3. The first kappa shape index (κ1) is 12.6. The Hall–Kier alpha value is -1.88. The SMILES string of the molecule is CCc1ccc(NC(=O)Cc2csc(N)n2)cc1. The molecule has 5 heteroatoms. The molecule has 1 aromatic carbocycles. The second-order valence-electron chi connectivity index (χ2n) is 3.95. The monoisotopic (exact) mass is 261 g/mol. The fourth-order valence-corrected chi connectivity index (χ4v) is 2.16. The number of hydrogen-bond acceptors (Lipinski definition) is 4. The van der Waals surface area contributed by atoms with Crippen LogP contribution in [0.25, 0.3) is 0 Å². The number of anilines is 2. The summed E-state index contributed by atoms with van der Waals surface area (Å²) in [6.45, 7) is 2.10. The van der Waals surface area contributed by atoms with E-state index in [1.165, 1.54) is 16.9 Å². The Morgan fingerprint density at radius 3 is 2.67 bits per heavy atom. The van der Waals surface area contributed by atoms with Gasteiger partial charge in [0.25, 0.3) is 0 Å². The molecule has 18 heavy (non-hydrogen) atoms. The van der Waals surface area contributed by atoms with Crippen LogP contribution in [0.2, 0.25) is 0 Å². The van der Waals surface area contributed by atoms with Gasteiger partial charge in [0.2, 0.25) is 5.91 Å². The van der Waals surface area contributed by atoms with Crippen molar-refractivity contribution in [2.75, 3.05) is 11.1 Å². The lowest BCUT2D eigenvalue weighted by atomic mass is 10.1. The Morgan fingerprint density at radius 1 is 1.39 bits per heavy atom. The second kappa shape index (κ2) is 5.64. The van der Waals surface area contributed by atoms with Crippen LogP contribution < -0.4 is 11.1 Å². The molecule has 3 N–H and O–H groups in total. The van der Waals surface area contributed by atoms with E-state index in [1.54, 1.807) is 5.38 Å². The molecule has 0 saturated carbocycles. The van der Waals surface area contributed by atoms with Gasteiger partial charge in [-0.05, 0) is 24.1 Å². The number of carbonyl (C=O) groups is 1. The van der Waals surface area contributed by atoms with E-state index in [4.69, 9.17) is 5.73 Å². The van der Waals surface area contributed by atoms with Crippen LogP contribution in [0.3, 0.4) is 0 Å². The molecule has 0 radical (unpaired) electrons. The minimum absolute atomic E-state index is 0.0791. The maximum atomic E-state index is 11.8. The van der Waals surface area contributed by atoms with Crippen molar-refractivity contribution in [3.63, 3.8) is 0 Å². The van der Waals surface area contributed by atoms with Crippen LogP contribution in [0.15, 0.2) is 29.6 Å². The van der Waals surface area contributed by atoms with E-state index >= 15 is 0 Å². The Balaban J connectivity index is 1.94. The smallest absolute Gasteiger partial charge is 0.230 e. The van der Waals surface area contributed by atoms with Gasteiger partial charge < -0.3 is 11.1 Å². The molecule has 1 heterocycles. The molecule has 2 aromatic rings. The fourth-order valence-electron chi connectivity index (χ4n) is 1.60. The van der Waals surface area contributed by atoms with Crippen LogP contribution in [-0.4, -0.2) is 10.9 Å². The third kappa shape index (κ3) is 3.30. The second-order valence-corrected chi connectivity index (χ2v) is 4.84. The number of aryl methyl sites for hydroxylation is 1. The molecule has 0 spiro atoms. The lowest BCUT2D eigenvalue weighted by Crippen LogP contribution is -2.14. The van der Waals surface area contributed by atoms with Gasteiger partial charge in [-0.25, -0.2) is 4.98 Å². The lowest BCUT2D eigenvalue weighted by molar-refractivity contribution is -0.115. The highest BCUT2D eigenvalue weighted by molar-refractivity contribution is 7.13. The molecule has 0 saturated heterocycles. The zero-order valence-electron chi connectivity index (χ0n) is 10.1. The predicted molar refractivity (Wildman–Crippen MR) is 74.7 cm³/mol. The molecule has 0 bridgehead atoms. The molecule has 0 fully saturated rings. The van der Waals surface area contributed by atoms with Gasteiger partial charge in [0.1, 0.15) is 0 Å². The number of thiazole rings is 1. The van der Waals surface area contributed by atoms with Gasteiger partial charge in [-0.15, -0.1) is 11.3 Å². The number of carbonyl (C=O) groups excluding carboxylic acids is 1. The van der Waals surface area contributed by atoms with Crippen molar-refractivity contribution in [2.45, 2.75) is 19.8 Å². The van der Waals surface area contributed by atoms with E-state index in [9.17, 15) is 4.79 Å². The number of amides is 1. The van der Waals surface area contributed by atoms with Gasteiger partial charge in [-0.2, -0.15) is 0 Å². The van der Waals surface area contributed by atoms with Crippen molar-refractivity contribution in [3.05, 3.63) is 40.9 Å². The van der Waals surface area contributed by atoms with E-state index in [1.807, 2.05) is 24.3 Å². The van der Waals surface area contributed by atoms with Gasteiger partial charge >= 0.3 is 0 Å². The molecular formula is C13H15N3OS. The summed E-state index contributed by atoms with van der Waals surface area (Å²) in [5.74, 6) is -0.0791. The molecule has 0 aliphatic rings. The van der Waals surface area contributed by atoms with Crippen molar-refractivity contribution in [1.29, 1.82) is 0 Å². The standard InChI is InChI=1S/C13H15N3OS/c1-2-9-3-5-10(6-4-9)15-12(17)7-11-8-18-13(14)16-11/h3-6,8H,2,7H2,1H3,(H2,14,16)(H,15,17). The molecule has 0 unspecified atom stereocenters. The molecule has 0 aliphatic heterocycles. The van der Waals surface area contributed by atoms with Crippen LogP contribution in [0.4, 0.5) is 10.8 Å². The van der Waals surface area contributed by atoms with E-state index in [0.29, 0.717) is 10.8 Å². The van der Waals surface area contributed by atoms with Crippen molar-refractivity contribution < 1.29 is 4.79 Å². The Kier molecular flexibility index (Phi) is 3.94. The first-order valence-corrected chi connectivity index (χ1v) is 6.64. The average molecular weight is 261 g/mol. The summed E-state index contributed by atoms with van der Waals surface area (Å²) in [5.41, 5.74) is 8.28. The molecule has 0 aliphatic carbocycles. The Bertz CT molecular complexity index is 533. The molecular weight excluding hydrogens is 246 g/mol. The predicted octanol–water partition coefficient (Wildman–Crippen LogP) is 2.47. The minimum Gasteiger partial charge on any atom is -0.375 e. The summed E-state index contributed by atoms with van der Waals surface area (Å²) >= 11 is 1.34. The summed E-state index contributed by atoms with van der Waals surface area (Å²) < 4.78 is 0. The minimum atomic E-state index is -0.0791. The Morgan fingerprint density at radius 2 is 2.11 bits per heavy atom. The van der Waals surface area contributed by atoms with Crippen molar-refractivity contribution in [1.82, 2.24) is 4.98 Å². The fraction of sp³-hybridized carbons (Fsp3) is 0.231. The molecule has 1 amide bonds. The third-order valence-corrected chi connectivity index (χ3v) is 3.28. The highest BCUT2D eigenvalue weighted by atomic mass is 32.1. The molecule has 1 aromatic heterocycles. The lowest BCUT2D eigenvalue weighted by Gasteiger charge is -2.04. The zero-order valence-corrected chi connectivity index (χ0v) is 11.0. The van der Waals surface area contributed by atoms with Gasteiger partial charge in [0.15, 0.2) is 5.13 Å². The number of nitrogen functional groups attached to an aromatic ring is 1. The number of aromatic nitrogens is 1. The van der Waals surface area contributed by atoms with Crippen LogP contribution in [-0.2, 0) is 17.6 Å². The average Bonchev–Trinajstić information content (AvgIpc) is 2.75. The van der Waals surface area contributed by atoms with Crippen LogP contribution in [0.1, 0.15) is 18.2 Å². The van der Waals surface area contributed by atoms with Crippen LogP contribution in [0, 0.1) is 0 Å². The number of nitrogens with two attached hydrogens (primary N) is 1. The van der Waals surface area contributed by atoms with Crippen LogP contribution >= 0.6 is 11.3 Å². The van der Waals surface area contributed by atoms with Crippen molar-refractivity contribution in [2.24, 2.45) is 0 Å². The first-order valence-electron chi connectivity index (χ1n) is 5.76. The van der Waals surface area contributed by atoms with Gasteiger partial charge in [0.05, 0.1) is 12.1 Å². The zero-order chi connectivity index (χ0) is 13.0. The number of benzene rings is 1. The van der Waals surface area contributed by atoms with Gasteiger partial charge in [-0.1, -0.05) is 19.1 Å². The number of nitrogens with zero attached hydrogens (tertiary/aromatic N) is 1. The topological polar surface area (TPSA) is 68.0 Å². The molecule has 2 rings (SSSR count). The number of nitrogens with one attached hydrogen (secondary N) is 1. The molecule has 94 valence electrons. The maximum Gasteiger partial charge on any atom is 0.230 e. The highest BCUT2D eigenvalue weighted by Gasteiger charge is 2.06. The first-order chi connectivity index (χ1) is 8.67. The van der Waals surface area contributed by atoms with E-state index in [-0.39, 0.29) is 12.3 Å². The van der Waals surface area contributed by atoms with Crippen molar-refractivity contribution >= 4 is 28.1 Å². The molecule has 4 nitrogen and oxygen atoms in total. The maximum absolute atomic E-state index is 11.8. The largest absolute Gasteiger partial charge is 0.375 e. The van der Waals surface area contributed by atoms with Gasteiger partial charge in [-0.3, -0.25) is 4.79 Å². The van der Waals surface area contributed by atoms with E-state index in [0.717, 1.165) is 12.1 Å².